The molecule has 1 heterocycles. The van der Waals surface area contributed by atoms with Gasteiger partial charge in [0.2, 0.25) is 4.33 Å². The van der Waals surface area contributed by atoms with Crippen LogP contribution in [-0.4, -0.2) is 59.2 Å². The molecular weight excluding hydrogens is 405 g/mol. The van der Waals surface area contributed by atoms with Crippen LogP contribution in [0.2, 0.25) is 0 Å². The second-order valence-electron chi connectivity index (χ2n) is 5.09. The minimum Gasteiger partial charge on any atom is -0.463 e. The van der Waals surface area contributed by atoms with Gasteiger partial charge in [-0.25, -0.2) is 0 Å². The quantitative estimate of drug-likeness (QED) is 0.288. The summed E-state index contributed by atoms with van der Waals surface area (Å²) in [6.45, 7) is 3.01. The van der Waals surface area contributed by atoms with Crippen LogP contribution in [0.25, 0.3) is 0 Å². The van der Waals surface area contributed by atoms with Gasteiger partial charge in [0, 0.05) is 32.5 Å². The number of ether oxygens (including phenoxy) is 4. The van der Waals surface area contributed by atoms with E-state index >= 15 is 0 Å². The third-order valence-electron chi connectivity index (χ3n) is 3.11. The third-order valence-corrected chi connectivity index (χ3v) is 4.06. The third kappa shape index (κ3) is 5.60. The molecule has 0 spiro atoms. The molecule has 1 amide bonds. The van der Waals surface area contributed by atoms with Gasteiger partial charge in [-0.05, 0) is 0 Å². The lowest BCUT2D eigenvalue weighted by molar-refractivity contribution is -0.165. The van der Waals surface area contributed by atoms with Crippen LogP contribution in [0.15, 0.2) is 0 Å². The molecule has 4 atom stereocenters. The summed E-state index contributed by atoms with van der Waals surface area (Å²) in [6.07, 6.45) is -5.10. The van der Waals surface area contributed by atoms with Crippen LogP contribution in [0.4, 0.5) is 0 Å². The SMILES string of the molecule is CC(=O)OC[C@H]1OC(C(Cl)(Cl)C(=O)NCl)[C@H](OC(C)=O)[C@@H]1OC(C)=O. The fourth-order valence-electron chi connectivity index (χ4n) is 2.20. The molecule has 0 aromatic heterocycles. The Labute approximate surface area is 158 Å². The normalized spacial score (nSPS) is 25.8. The Hall–Kier alpha value is -1.29. The number of amides is 1. The highest BCUT2D eigenvalue weighted by Gasteiger charge is 2.59. The molecule has 25 heavy (non-hydrogen) atoms. The van der Waals surface area contributed by atoms with Crippen molar-refractivity contribution in [2.45, 2.75) is 49.5 Å². The number of rotatable bonds is 6. The Morgan fingerprint density at radius 3 is 1.96 bits per heavy atom. The van der Waals surface area contributed by atoms with Crippen molar-refractivity contribution >= 4 is 58.8 Å². The number of hydrogen-bond acceptors (Lipinski definition) is 8. The largest absolute Gasteiger partial charge is 0.463 e. The summed E-state index contributed by atoms with van der Waals surface area (Å²) < 4.78 is 18.2. The van der Waals surface area contributed by atoms with E-state index in [1.54, 1.807) is 4.84 Å². The van der Waals surface area contributed by atoms with E-state index in [4.69, 9.17) is 53.9 Å². The zero-order valence-corrected chi connectivity index (χ0v) is 15.7. The molecule has 0 aromatic carbocycles. The highest BCUT2D eigenvalue weighted by Crippen LogP contribution is 2.39. The highest BCUT2D eigenvalue weighted by atomic mass is 35.5. The molecule has 1 aliphatic rings. The predicted octanol–water partition coefficient (Wildman–Crippen LogP) is 0.624. The summed E-state index contributed by atoms with van der Waals surface area (Å²) in [5.74, 6) is -3.16. The maximum absolute atomic E-state index is 11.8. The number of carbonyl (C=O) groups excluding carboxylic acids is 4. The standard InChI is InChI=1S/C13H16Cl3NO8/c1-5(18)22-4-8-9(23-6(2)19)10(24-7(3)20)11(25-8)13(14,15)12(21)17-16/h8-11H,4H2,1-3H3,(H,17,21)/t8-,9-,10-,11?/m1/s1. The molecule has 1 N–H and O–H groups in total. The number of alkyl halides is 2. The van der Waals surface area contributed by atoms with Crippen molar-refractivity contribution in [3.8, 4) is 0 Å². The number of nitrogens with one attached hydrogen (secondary N) is 1. The van der Waals surface area contributed by atoms with Crippen molar-refractivity contribution in [1.82, 2.24) is 4.84 Å². The molecule has 1 rings (SSSR count). The summed E-state index contributed by atoms with van der Waals surface area (Å²) in [5.41, 5.74) is 0. The molecule has 142 valence electrons. The molecule has 0 aliphatic carbocycles. The fraction of sp³-hybridized carbons (Fsp3) is 0.692. The first kappa shape index (κ1) is 21.8. The van der Waals surface area contributed by atoms with E-state index in [1.165, 1.54) is 0 Å². The van der Waals surface area contributed by atoms with Crippen LogP contribution in [0.5, 0.6) is 0 Å². The van der Waals surface area contributed by atoms with Gasteiger partial charge in [-0.3, -0.25) is 24.0 Å². The first-order valence-electron chi connectivity index (χ1n) is 6.92. The van der Waals surface area contributed by atoms with E-state index in [0.29, 0.717) is 0 Å². The minimum absolute atomic E-state index is 0.353. The zero-order chi connectivity index (χ0) is 19.4. The van der Waals surface area contributed by atoms with Crippen molar-refractivity contribution in [1.29, 1.82) is 0 Å². The van der Waals surface area contributed by atoms with Gasteiger partial charge in [0.1, 0.15) is 18.8 Å². The van der Waals surface area contributed by atoms with E-state index in [0.717, 1.165) is 20.8 Å². The monoisotopic (exact) mass is 419 g/mol. The average Bonchev–Trinajstić information content (AvgIpc) is 2.81. The first-order chi connectivity index (χ1) is 11.5. The van der Waals surface area contributed by atoms with Gasteiger partial charge in [0.15, 0.2) is 12.2 Å². The smallest absolute Gasteiger partial charge is 0.303 e. The Kier molecular flexibility index (Phi) is 7.73. The number of esters is 3. The van der Waals surface area contributed by atoms with E-state index in [1.807, 2.05) is 0 Å². The van der Waals surface area contributed by atoms with Crippen LogP contribution in [-0.2, 0) is 38.1 Å². The molecule has 0 saturated carbocycles. The molecule has 1 fully saturated rings. The van der Waals surface area contributed by atoms with Crippen LogP contribution in [0.3, 0.4) is 0 Å². The Bertz CT molecular complexity index is 555. The summed E-state index contributed by atoms with van der Waals surface area (Å²) in [7, 11) is 0. The van der Waals surface area contributed by atoms with Crippen molar-refractivity contribution in [3.05, 3.63) is 0 Å². The predicted molar refractivity (Wildman–Crippen MR) is 84.8 cm³/mol. The number of halogens is 3. The van der Waals surface area contributed by atoms with Gasteiger partial charge in [-0.15, -0.1) is 0 Å². The lowest BCUT2D eigenvalue weighted by Gasteiger charge is -2.28. The van der Waals surface area contributed by atoms with Crippen LogP contribution >= 0.6 is 35.0 Å². The molecule has 0 bridgehead atoms. The summed E-state index contributed by atoms with van der Waals surface area (Å²) in [5, 5.41) is 0. The topological polar surface area (TPSA) is 117 Å². The minimum atomic E-state index is -2.29. The van der Waals surface area contributed by atoms with Gasteiger partial charge < -0.3 is 18.9 Å². The molecule has 1 unspecified atom stereocenters. The Morgan fingerprint density at radius 1 is 1.00 bits per heavy atom. The molecule has 0 radical (unpaired) electrons. The molecule has 9 nitrogen and oxygen atoms in total. The van der Waals surface area contributed by atoms with Gasteiger partial charge >= 0.3 is 17.9 Å². The fourth-order valence-corrected chi connectivity index (χ4v) is 2.89. The lowest BCUT2D eigenvalue weighted by Crippen LogP contribution is -2.51. The Morgan fingerprint density at radius 2 is 1.52 bits per heavy atom. The van der Waals surface area contributed by atoms with Crippen molar-refractivity contribution in [2.75, 3.05) is 6.61 Å². The molecule has 12 heteroatoms. The zero-order valence-electron chi connectivity index (χ0n) is 13.4. The Balaban J connectivity index is 3.20. The maximum Gasteiger partial charge on any atom is 0.303 e. The van der Waals surface area contributed by atoms with Crippen molar-refractivity contribution < 1.29 is 38.1 Å². The van der Waals surface area contributed by atoms with Crippen molar-refractivity contribution in [3.63, 3.8) is 0 Å². The van der Waals surface area contributed by atoms with Crippen LogP contribution in [0, 0.1) is 0 Å². The van der Waals surface area contributed by atoms with Gasteiger partial charge in [0.05, 0.1) is 0 Å². The molecule has 1 aliphatic heterocycles. The second-order valence-corrected chi connectivity index (χ2v) is 6.67. The van der Waals surface area contributed by atoms with E-state index < -0.39 is 52.6 Å². The van der Waals surface area contributed by atoms with E-state index in [9.17, 15) is 19.2 Å². The maximum atomic E-state index is 11.8. The van der Waals surface area contributed by atoms with Gasteiger partial charge in [-0.1, -0.05) is 23.2 Å². The summed E-state index contributed by atoms with van der Waals surface area (Å²) >= 11 is 17.3. The van der Waals surface area contributed by atoms with Crippen LogP contribution < -0.4 is 4.84 Å². The number of hydrogen-bond donors (Lipinski definition) is 1. The van der Waals surface area contributed by atoms with Gasteiger partial charge in [0.25, 0.3) is 5.91 Å². The van der Waals surface area contributed by atoms with Crippen LogP contribution in [0.1, 0.15) is 20.8 Å². The second kappa shape index (κ2) is 8.88. The first-order valence-corrected chi connectivity index (χ1v) is 8.06. The van der Waals surface area contributed by atoms with Gasteiger partial charge in [-0.2, -0.15) is 0 Å². The highest BCUT2D eigenvalue weighted by molar-refractivity contribution is 6.59. The van der Waals surface area contributed by atoms with E-state index in [-0.39, 0.29) is 6.61 Å². The van der Waals surface area contributed by atoms with Crippen molar-refractivity contribution in [2.24, 2.45) is 0 Å². The van der Waals surface area contributed by atoms with E-state index in [2.05, 4.69) is 0 Å². The molecular formula is C13H16Cl3NO8. The summed E-state index contributed by atoms with van der Waals surface area (Å²) in [6, 6.07) is 0. The summed E-state index contributed by atoms with van der Waals surface area (Å²) in [4.78, 5) is 47.4. The lowest BCUT2D eigenvalue weighted by atomic mass is 10.0. The number of carbonyl (C=O) groups is 4. The molecule has 1 saturated heterocycles. The molecule has 0 aromatic rings. The average molecular weight is 421 g/mol.